The van der Waals surface area contributed by atoms with Crippen LogP contribution in [0.5, 0.6) is 0 Å². The first-order valence-corrected chi connectivity index (χ1v) is 15.3. The van der Waals surface area contributed by atoms with Gasteiger partial charge in [-0.05, 0) is 111 Å². The van der Waals surface area contributed by atoms with Crippen LogP contribution in [-0.2, 0) is 11.2 Å². The number of amidine groups is 1. The first-order valence-electron chi connectivity index (χ1n) is 14.1. The average molecular weight is 513 g/mol. The number of hydrogen-bond acceptors (Lipinski definition) is 4. The van der Waals surface area contributed by atoms with Crippen molar-refractivity contribution in [3.8, 4) is 0 Å². The maximum absolute atomic E-state index is 13.1. The summed E-state index contributed by atoms with van der Waals surface area (Å²) in [6.45, 7) is 6.66. The molecule has 0 radical (unpaired) electrons. The molecule has 1 amide bonds. The van der Waals surface area contributed by atoms with Gasteiger partial charge in [0.15, 0.2) is 0 Å². The van der Waals surface area contributed by atoms with E-state index in [0.29, 0.717) is 23.3 Å². The van der Waals surface area contributed by atoms with Crippen LogP contribution >= 0.6 is 11.8 Å². The zero-order valence-electron chi connectivity index (χ0n) is 22.4. The Hall–Kier alpha value is -1.82. The van der Waals surface area contributed by atoms with Gasteiger partial charge in [-0.3, -0.25) is 9.79 Å². The van der Waals surface area contributed by atoms with E-state index < -0.39 is 11.5 Å². The number of carbonyl (C=O) groups excluding carboxylic acids is 1. The fourth-order valence-corrected chi connectivity index (χ4v) is 7.71. The largest absolute Gasteiger partial charge is 0.478 e. The quantitative estimate of drug-likeness (QED) is 0.362. The van der Waals surface area contributed by atoms with Gasteiger partial charge in [0.05, 0.1) is 5.56 Å². The summed E-state index contributed by atoms with van der Waals surface area (Å²) in [5, 5.41) is 12.4. The van der Waals surface area contributed by atoms with Gasteiger partial charge in [-0.1, -0.05) is 39.2 Å². The van der Waals surface area contributed by atoms with Crippen LogP contribution in [0.2, 0.25) is 0 Å². The molecule has 4 rings (SSSR count). The van der Waals surface area contributed by atoms with Crippen LogP contribution in [0.15, 0.2) is 23.2 Å². The van der Waals surface area contributed by atoms with Crippen LogP contribution in [0.1, 0.15) is 99.5 Å². The Labute approximate surface area is 221 Å². The third-order valence-electron chi connectivity index (χ3n) is 9.19. The standard InChI is InChI=1S/C30H44N2O3S/c1-4-22-7-9-25(10-8-22)27-31-29(35)30(32-27)15-5-6-23(13-16-30)21(3)19-36-17-14-24-11-12-26(28(33)34)18-20(24)2/h11-12,18,21-23,25H,4-10,13-17,19H2,1-3H3,(H,33,34)(H,31,32,35)/t21-,22?,23?,25?,30?/m0/s1. The molecule has 1 spiro atoms. The Bertz CT molecular complexity index is 969. The lowest BCUT2D eigenvalue weighted by Crippen LogP contribution is -2.40. The van der Waals surface area contributed by atoms with E-state index >= 15 is 0 Å². The number of nitrogens with one attached hydrogen (secondary N) is 1. The predicted octanol–water partition coefficient (Wildman–Crippen LogP) is 6.67. The molecule has 36 heavy (non-hydrogen) atoms. The Morgan fingerprint density at radius 2 is 1.97 bits per heavy atom. The van der Waals surface area contributed by atoms with Gasteiger partial charge in [-0.15, -0.1) is 0 Å². The van der Waals surface area contributed by atoms with Gasteiger partial charge in [-0.2, -0.15) is 11.8 Å². The zero-order chi connectivity index (χ0) is 25.7. The number of hydrogen-bond donors (Lipinski definition) is 2. The van der Waals surface area contributed by atoms with Crippen molar-refractivity contribution in [2.24, 2.45) is 28.7 Å². The second kappa shape index (κ2) is 12.1. The van der Waals surface area contributed by atoms with E-state index in [2.05, 4.69) is 19.2 Å². The van der Waals surface area contributed by atoms with Gasteiger partial charge in [0.1, 0.15) is 11.4 Å². The number of carboxylic acids is 1. The first kappa shape index (κ1) is 27.2. The molecule has 2 saturated carbocycles. The minimum atomic E-state index is -0.867. The molecule has 5 nitrogen and oxygen atoms in total. The highest BCUT2D eigenvalue weighted by molar-refractivity contribution is 7.99. The van der Waals surface area contributed by atoms with Gasteiger partial charge >= 0.3 is 5.97 Å². The molecule has 2 fully saturated rings. The number of aromatic carboxylic acids is 1. The van der Waals surface area contributed by atoms with Crippen molar-refractivity contribution in [1.82, 2.24) is 5.32 Å². The maximum Gasteiger partial charge on any atom is 0.335 e. The van der Waals surface area contributed by atoms with Crippen molar-refractivity contribution in [1.29, 1.82) is 0 Å². The number of aryl methyl sites for hydroxylation is 2. The number of amides is 1. The van der Waals surface area contributed by atoms with Crippen molar-refractivity contribution in [3.63, 3.8) is 0 Å². The number of carbonyl (C=O) groups is 2. The third-order valence-corrected chi connectivity index (χ3v) is 10.4. The Morgan fingerprint density at radius 3 is 2.67 bits per heavy atom. The van der Waals surface area contributed by atoms with E-state index in [1.807, 2.05) is 24.8 Å². The summed E-state index contributed by atoms with van der Waals surface area (Å²) in [4.78, 5) is 29.4. The number of rotatable bonds is 9. The van der Waals surface area contributed by atoms with E-state index in [1.165, 1.54) is 44.1 Å². The van der Waals surface area contributed by atoms with Gasteiger partial charge in [-0.25, -0.2) is 4.79 Å². The van der Waals surface area contributed by atoms with Crippen LogP contribution in [0.4, 0.5) is 0 Å². The van der Waals surface area contributed by atoms with Gasteiger partial charge in [0, 0.05) is 5.92 Å². The molecule has 3 aliphatic rings. The normalized spacial score (nSPS) is 29.5. The van der Waals surface area contributed by atoms with Crippen molar-refractivity contribution >= 4 is 29.5 Å². The lowest BCUT2D eigenvalue weighted by atomic mass is 9.80. The summed E-state index contributed by atoms with van der Waals surface area (Å²) in [7, 11) is 0. The van der Waals surface area contributed by atoms with E-state index in [-0.39, 0.29) is 5.91 Å². The van der Waals surface area contributed by atoms with E-state index in [1.54, 1.807) is 12.1 Å². The zero-order valence-corrected chi connectivity index (χ0v) is 23.2. The van der Waals surface area contributed by atoms with Crippen LogP contribution < -0.4 is 5.32 Å². The number of nitrogens with zero attached hydrogens (tertiary/aromatic N) is 1. The molecule has 0 saturated heterocycles. The lowest BCUT2D eigenvalue weighted by molar-refractivity contribution is -0.124. The van der Waals surface area contributed by atoms with Crippen LogP contribution in [-0.4, -0.2) is 39.9 Å². The summed E-state index contributed by atoms with van der Waals surface area (Å²) < 4.78 is 0. The summed E-state index contributed by atoms with van der Waals surface area (Å²) in [5.74, 6) is 5.07. The number of aliphatic imine (C=N–C) groups is 1. The fourth-order valence-electron chi connectivity index (χ4n) is 6.53. The predicted molar refractivity (Wildman–Crippen MR) is 149 cm³/mol. The summed E-state index contributed by atoms with van der Waals surface area (Å²) in [6, 6.07) is 5.45. The highest BCUT2D eigenvalue weighted by Gasteiger charge is 2.46. The van der Waals surface area contributed by atoms with Crippen LogP contribution in [0.3, 0.4) is 0 Å². The smallest absolute Gasteiger partial charge is 0.335 e. The van der Waals surface area contributed by atoms with Crippen molar-refractivity contribution in [2.75, 3.05) is 11.5 Å². The molecule has 1 aliphatic heterocycles. The molecule has 3 atom stereocenters. The minimum Gasteiger partial charge on any atom is -0.478 e. The molecule has 1 aromatic carbocycles. The fraction of sp³-hybridized carbons (Fsp3) is 0.700. The molecule has 1 heterocycles. The molecular weight excluding hydrogens is 468 g/mol. The molecular formula is C30H44N2O3S. The number of benzene rings is 1. The van der Waals surface area contributed by atoms with Crippen molar-refractivity contribution < 1.29 is 14.7 Å². The molecule has 6 heteroatoms. The monoisotopic (exact) mass is 512 g/mol. The van der Waals surface area contributed by atoms with Crippen molar-refractivity contribution in [3.05, 3.63) is 34.9 Å². The van der Waals surface area contributed by atoms with Gasteiger partial charge in [0.2, 0.25) is 0 Å². The Morgan fingerprint density at radius 1 is 1.19 bits per heavy atom. The van der Waals surface area contributed by atoms with Crippen LogP contribution in [0.25, 0.3) is 0 Å². The molecule has 1 aromatic rings. The minimum absolute atomic E-state index is 0.169. The second-order valence-electron chi connectivity index (χ2n) is 11.5. The third kappa shape index (κ3) is 6.35. The van der Waals surface area contributed by atoms with E-state index in [0.717, 1.165) is 60.9 Å². The van der Waals surface area contributed by atoms with E-state index in [9.17, 15) is 9.59 Å². The Balaban J connectivity index is 1.25. The summed E-state index contributed by atoms with van der Waals surface area (Å²) in [5.41, 5.74) is 2.16. The highest BCUT2D eigenvalue weighted by atomic mass is 32.2. The molecule has 0 bridgehead atoms. The van der Waals surface area contributed by atoms with Gasteiger partial charge in [0.25, 0.3) is 5.91 Å². The SMILES string of the molecule is CCC1CCC(C2=NC3(CCCC([C@@H](C)CSCCc4ccc(C(=O)O)cc4C)CC3)C(=O)N2)CC1. The number of thioether (sulfide) groups is 1. The number of carboxylic acid groups (broad SMARTS) is 1. The average Bonchev–Trinajstić information content (AvgIpc) is 3.04. The maximum atomic E-state index is 13.1. The van der Waals surface area contributed by atoms with E-state index in [4.69, 9.17) is 10.1 Å². The summed E-state index contributed by atoms with van der Waals surface area (Å²) >= 11 is 2.00. The van der Waals surface area contributed by atoms with Crippen molar-refractivity contribution in [2.45, 2.75) is 96.9 Å². The second-order valence-corrected chi connectivity index (χ2v) is 12.7. The first-order chi connectivity index (χ1) is 17.3. The summed E-state index contributed by atoms with van der Waals surface area (Å²) in [6.07, 6.45) is 12.3. The molecule has 0 aromatic heterocycles. The molecule has 2 unspecified atom stereocenters. The molecule has 198 valence electrons. The molecule has 2 N–H and O–H groups in total. The lowest BCUT2D eigenvalue weighted by Gasteiger charge is -2.27. The topological polar surface area (TPSA) is 78.8 Å². The highest BCUT2D eigenvalue weighted by Crippen LogP contribution is 2.41. The van der Waals surface area contributed by atoms with Crippen LogP contribution in [0, 0.1) is 30.6 Å². The van der Waals surface area contributed by atoms with Gasteiger partial charge < -0.3 is 10.4 Å². The molecule has 2 aliphatic carbocycles. The Kier molecular flexibility index (Phi) is 9.19.